The number of hydrogen-bond acceptors (Lipinski definition) is 3. The van der Waals surface area contributed by atoms with Gasteiger partial charge in [-0.25, -0.2) is 8.42 Å². The van der Waals surface area contributed by atoms with Crippen molar-refractivity contribution in [3.63, 3.8) is 0 Å². The lowest BCUT2D eigenvalue weighted by atomic mass is 10.0. The molecule has 0 aliphatic carbocycles. The van der Waals surface area contributed by atoms with Gasteiger partial charge in [-0.05, 0) is 30.9 Å². The van der Waals surface area contributed by atoms with Gasteiger partial charge in [-0.3, -0.25) is 4.79 Å². The van der Waals surface area contributed by atoms with Crippen LogP contribution in [0.4, 0.5) is 0 Å². The van der Waals surface area contributed by atoms with E-state index in [0.29, 0.717) is 18.0 Å². The molecule has 1 aliphatic rings. The molecule has 1 amide bonds. The van der Waals surface area contributed by atoms with Crippen LogP contribution in [0.1, 0.15) is 38.8 Å². The van der Waals surface area contributed by atoms with Crippen LogP contribution in [0.5, 0.6) is 0 Å². The summed E-state index contributed by atoms with van der Waals surface area (Å²) in [6.45, 7) is 5.96. The Labute approximate surface area is 143 Å². The van der Waals surface area contributed by atoms with Crippen LogP contribution >= 0.6 is 11.6 Å². The molecule has 0 unspecified atom stereocenters. The Bertz CT molecular complexity index is 676. The van der Waals surface area contributed by atoms with Crippen LogP contribution in [0.25, 0.3) is 0 Å². The number of carbonyl (C=O) groups excluding carboxylic acids is 1. The number of halogens is 1. The lowest BCUT2D eigenvalue weighted by molar-refractivity contribution is -0.126. The van der Waals surface area contributed by atoms with Gasteiger partial charge in [0.1, 0.15) is 6.04 Å². The fourth-order valence-corrected chi connectivity index (χ4v) is 5.06. The van der Waals surface area contributed by atoms with Crippen LogP contribution in [0, 0.1) is 5.92 Å². The van der Waals surface area contributed by atoms with E-state index in [9.17, 15) is 13.2 Å². The van der Waals surface area contributed by atoms with E-state index >= 15 is 0 Å². The molecule has 5 nitrogen and oxygen atoms in total. The van der Waals surface area contributed by atoms with Gasteiger partial charge < -0.3 is 5.32 Å². The third-order valence-corrected chi connectivity index (χ3v) is 6.35. The molecule has 1 heterocycles. The van der Waals surface area contributed by atoms with Gasteiger partial charge in [-0.1, -0.05) is 43.6 Å². The second kappa shape index (κ2) is 7.20. The van der Waals surface area contributed by atoms with Crippen LogP contribution in [-0.2, 0) is 14.8 Å². The number of benzene rings is 1. The smallest absolute Gasteiger partial charge is 0.239 e. The molecule has 0 radical (unpaired) electrons. The molecular formula is C16H23ClN2O3S. The highest BCUT2D eigenvalue weighted by molar-refractivity contribution is 7.89. The molecular weight excluding hydrogens is 336 g/mol. The quantitative estimate of drug-likeness (QED) is 0.879. The molecule has 0 aromatic heterocycles. The van der Waals surface area contributed by atoms with Gasteiger partial charge in [0, 0.05) is 11.6 Å². The third kappa shape index (κ3) is 4.05. The number of carbonyl (C=O) groups is 1. The first kappa shape index (κ1) is 18.2. The van der Waals surface area contributed by atoms with Crippen LogP contribution in [0.2, 0.25) is 5.02 Å². The summed E-state index contributed by atoms with van der Waals surface area (Å²) < 4.78 is 25.6. The minimum atomic E-state index is -3.34. The molecule has 23 heavy (non-hydrogen) atoms. The minimum absolute atomic E-state index is 0.110. The second-order valence-electron chi connectivity index (χ2n) is 6.22. The summed E-state index contributed by atoms with van der Waals surface area (Å²) in [7, 11) is -3.34. The topological polar surface area (TPSA) is 66.5 Å². The van der Waals surface area contributed by atoms with E-state index in [0.717, 1.165) is 5.56 Å². The Morgan fingerprint density at radius 2 is 1.91 bits per heavy atom. The van der Waals surface area contributed by atoms with Crippen molar-refractivity contribution in [1.82, 2.24) is 9.62 Å². The highest BCUT2D eigenvalue weighted by Crippen LogP contribution is 2.25. The average molecular weight is 359 g/mol. The number of hydrogen-bond donors (Lipinski definition) is 1. The summed E-state index contributed by atoms with van der Waals surface area (Å²) in [5.41, 5.74) is 0.814. The Morgan fingerprint density at radius 3 is 2.43 bits per heavy atom. The van der Waals surface area contributed by atoms with Crippen molar-refractivity contribution in [3.8, 4) is 0 Å². The summed E-state index contributed by atoms with van der Waals surface area (Å²) in [5, 5.41) is 3.48. The zero-order chi connectivity index (χ0) is 17.2. The SMILES string of the molecule is CC(C)[C@@H](C(=O)N[C@H](C)c1ccccc1Cl)N1CCCS1(=O)=O. The van der Waals surface area contributed by atoms with Gasteiger partial charge in [-0.2, -0.15) is 4.31 Å². The van der Waals surface area contributed by atoms with Crippen molar-refractivity contribution >= 4 is 27.5 Å². The van der Waals surface area contributed by atoms with Crippen LogP contribution in [0.15, 0.2) is 24.3 Å². The van der Waals surface area contributed by atoms with Gasteiger partial charge in [-0.15, -0.1) is 0 Å². The Hall–Kier alpha value is -1.11. The predicted octanol–water partition coefficient (Wildman–Crippen LogP) is 2.58. The summed E-state index contributed by atoms with van der Waals surface area (Å²) in [4.78, 5) is 12.7. The van der Waals surface area contributed by atoms with Crippen LogP contribution in [-0.4, -0.2) is 37.0 Å². The number of sulfonamides is 1. The molecule has 2 rings (SSSR count). The van der Waals surface area contributed by atoms with Crippen molar-refractivity contribution in [2.24, 2.45) is 5.92 Å². The molecule has 0 spiro atoms. The highest BCUT2D eigenvalue weighted by Gasteiger charge is 2.40. The summed E-state index contributed by atoms with van der Waals surface area (Å²) >= 11 is 6.16. The van der Waals surface area contributed by atoms with E-state index in [1.54, 1.807) is 6.07 Å². The molecule has 0 bridgehead atoms. The Balaban J connectivity index is 2.18. The molecule has 1 aromatic carbocycles. The van der Waals surface area contributed by atoms with E-state index in [-0.39, 0.29) is 23.6 Å². The fraction of sp³-hybridized carbons (Fsp3) is 0.562. The van der Waals surface area contributed by atoms with E-state index in [2.05, 4.69) is 5.32 Å². The molecule has 1 fully saturated rings. The summed E-state index contributed by atoms with van der Waals surface area (Å²) in [6.07, 6.45) is 0.568. The molecule has 128 valence electrons. The van der Waals surface area contributed by atoms with Crippen LogP contribution in [0.3, 0.4) is 0 Å². The zero-order valence-electron chi connectivity index (χ0n) is 13.6. The first-order valence-electron chi connectivity index (χ1n) is 7.78. The molecule has 1 saturated heterocycles. The van der Waals surface area contributed by atoms with E-state index in [1.807, 2.05) is 39.0 Å². The lowest BCUT2D eigenvalue weighted by Gasteiger charge is -2.30. The van der Waals surface area contributed by atoms with Gasteiger partial charge in [0.25, 0.3) is 0 Å². The van der Waals surface area contributed by atoms with Crippen molar-refractivity contribution in [2.45, 2.75) is 39.3 Å². The first-order valence-corrected chi connectivity index (χ1v) is 9.77. The predicted molar refractivity (Wildman–Crippen MR) is 91.7 cm³/mol. The van der Waals surface area contributed by atoms with Gasteiger partial charge in [0.2, 0.25) is 15.9 Å². The zero-order valence-corrected chi connectivity index (χ0v) is 15.2. The minimum Gasteiger partial charge on any atom is -0.348 e. The van der Waals surface area contributed by atoms with E-state index < -0.39 is 16.1 Å². The van der Waals surface area contributed by atoms with Gasteiger partial charge in [0.05, 0.1) is 11.8 Å². The summed E-state index contributed by atoms with van der Waals surface area (Å²) in [5.74, 6) is -0.275. The van der Waals surface area contributed by atoms with Crippen molar-refractivity contribution < 1.29 is 13.2 Å². The molecule has 2 atom stereocenters. The molecule has 1 N–H and O–H groups in total. The maximum Gasteiger partial charge on any atom is 0.239 e. The Kier molecular flexibility index (Phi) is 5.70. The molecule has 1 aromatic rings. The standard InChI is InChI=1S/C16H23ClN2O3S/c1-11(2)15(19-9-6-10-23(19,21)22)16(20)18-12(3)13-7-4-5-8-14(13)17/h4-5,7-8,11-12,15H,6,9-10H2,1-3H3,(H,18,20)/t12-,15+/m1/s1. The van der Waals surface area contributed by atoms with E-state index in [1.165, 1.54) is 4.31 Å². The summed E-state index contributed by atoms with van der Waals surface area (Å²) in [6, 6.07) is 6.33. The normalized spacial score (nSPS) is 20.4. The molecule has 1 aliphatic heterocycles. The van der Waals surface area contributed by atoms with Gasteiger partial charge in [0.15, 0.2) is 0 Å². The highest BCUT2D eigenvalue weighted by atomic mass is 35.5. The Morgan fingerprint density at radius 1 is 1.26 bits per heavy atom. The fourth-order valence-electron chi connectivity index (χ4n) is 2.94. The number of nitrogens with zero attached hydrogens (tertiary/aromatic N) is 1. The third-order valence-electron chi connectivity index (χ3n) is 4.08. The van der Waals surface area contributed by atoms with Crippen molar-refractivity contribution in [1.29, 1.82) is 0 Å². The average Bonchev–Trinajstić information content (AvgIpc) is 2.78. The first-order chi connectivity index (χ1) is 10.7. The largest absolute Gasteiger partial charge is 0.348 e. The molecule has 7 heteroatoms. The lowest BCUT2D eigenvalue weighted by Crippen LogP contribution is -2.50. The van der Waals surface area contributed by atoms with Crippen LogP contribution < -0.4 is 5.32 Å². The number of nitrogens with one attached hydrogen (secondary N) is 1. The number of rotatable bonds is 5. The molecule has 0 saturated carbocycles. The maximum absolute atomic E-state index is 12.7. The number of amides is 1. The van der Waals surface area contributed by atoms with Crippen molar-refractivity contribution in [2.75, 3.05) is 12.3 Å². The maximum atomic E-state index is 12.7. The monoisotopic (exact) mass is 358 g/mol. The van der Waals surface area contributed by atoms with Gasteiger partial charge >= 0.3 is 0 Å². The second-order valence-corrected chi connectivity index (χ2v) is 8.67. The van der Waals surface area contributed by atoms with E-state index in [4.69, 9.17) is 11.6 Å². The van der Waals surface area contributed by atoms with Crippen molar-refractivity contribution in [3.05, 3.63) is 34.9 Å².